The summed E-state index contributed by atoms with van der Waals surface area (Å²) in [7, 11) is 0. The van der Waals surface area contributed by atoms with Gasteiger partial charge in [-0.1, -0.05) is 13.0 Å². The maximum Gasteiger partial charge on any atom is 0.335 e. The summed E-state index contributed by atoms with van der Waals surface area (Å²) >= 11 is 1.71. The van der Waals surface area contributed by atoms with Crippen molar-refractivity contribution in [3.63, 3.8) is 0 Å². The largest absolute Gasteiger partial charge is 0.478 e. The van der Waals surface area contributed by atoms with Gasteiger partial charge in [0.2, 0.25) is 0 Å². The molecule has 1 aromatic heterocycles. The second-order valence-electron chi connectivity index (χ2n) is 5.02. The number of carbonyl (C=O) groups is 1. The SMILES string of the molecule is CCc1nc(CN2Cc3ccc(C(=O)O)cc3C2)cs1. The van der Waals surface area contributed by atoms with E-state index in [2.05, 4.69) is 22.2 Å². The van der Waals surface area contributed by atoms with Crippen molar-refractivity contribution in [1.82, 2.24) is 9.88 Å². The molecule has 0 amide bonds. The van der Waals surface area contributed by atoms with Gasteiger partial charge in [0.15, 0.2) is 0 Å². The van der Waals surface area contributed by atoms with Crippen LogP contribution in [0.15, 0.2) is 23.6 Å². The lowest BCUT2D eigenvalue weighted by atomic mass is 10.1. The number of carboxylic acids is 1. The second-order valence-corrected chi connectivity index (χ2v) is 5.96. The Morgan fingerprint density at radius 3 is 2.90 bits per heavy atom. The van der Waals surface area contributed by atoms with Crippen molar-refractivity contribution in [2.45, 2.75) is 33.0 Å². The highest BCUT2D eigenvalue weighted by atomic mass is 32.1. The van der Waals surface area contributed by atoms with E-state index in [1.54, 1.807) is 23.5 Å². The summed E-state index contributed by atoms with van der Waals surface area (Å²) in [4.78, 5) is 17.9. The molecule has 0 radical (unpaired) electrons. The monoisotopic (exact) mass is 288 g/mol. The molecule has 4 nitrogen and oxygen atoms in total. The molecule has 0 fully saturated rings. The average Bonchev–Trinajstić information content (AvgIpc) is 3.03. The summed E-state index contributed by atoms with van der Waals surface area (Å²) in [6.07, 6.45) is 0.979. The van der Waals surface area contributed by atoms with Gasteiger partial charge in [-0.25, -0.2) is 9.78 Å². The highest BCUT2D eigenvalue weighted by Gasteiger charge is 2.21. The third-order valence-electron chi connectivity index (χ3n) is 3.53. The molecule has 2 heterocycles. The minimum Gasteiger partial charge on any atom is -0.478 e. The Morgan fingerprint density at radius 2 is 2.20 bits per heavy atom. The molecule has 1 aromatic carbocycles. The molecule has 0 aliphatic carbocycles. The third-order valence-corrected chi connectivity index (χ3v) is 4.57. The Hall–Kier alpha value is -1.72. The van der Waals surface area contributed by atoms with Crippen molar-refractivity contribution in [2.24, 2.45) is 0 Å². The van der Waals surface area contributed by atoms with Gasteiger partial charge in [-0.05, 0) is 29.7 Å². The lowest BCUT2D eigenvalue weighted by Crippen LogP contribution is -2.15. The molecule has 2 aromatic rings. The normalized spacial score (nSPS) is 14.4. The number of aryl methyl sites for hydroxylation is 1. The number of thiazole rings is 1. The van der Waals surface area contributed by atoms with E-state index < -0.39 is 5.97 Å². The van der Waals surface area contributed by atoms with E-state index in [1.165, 1.54) is 10.6 Å². The Kier molecular flexibility index (Phi) is 3.54. The fourth-order valence-electron chi connectivity index (χ4n) is 2.52. The van der Waals surface area contributed by atoms with Gasteiger partial charge in [-0.15, -0.1) is 11.3 Å². The lowest BCUT2D eigenvalue weighted by Gasteiger charge is -2.12. The van der Waals surface area contributed by atoms with E-state index in [4.69, 9.17) is 5.11 Å². The first kappa shape index (κ1) is 13.3. The van der Waals surface area contributed by atoms with Crippen molar-refractivity contribution in [2.75, 3.05) is 0 Å². The molecule has 20 heavy (non-hydrogen) atoms. The minimum atomic E-state index is -0.863. The molecule has 3 rings (SSSR count). The van der Waals surface area contributed by atoms with Crippen molar-refractivity contribution in [3.8, 4) is 0 Å². The molecule has 0 spiro atoms. The van der Waals surface area contributed by atoms with Crippen LogP contribution in [0, 0.1) is 0 Å². The Balaban J connectivity index is 1.72. The van der Waals surface area contributed by atoms with E-state index in [0.29, 0.717) is 5.56 Å². The van der Waals surface area contributed by atoms with Gasteiger partial charge in [0.1, 0.15) is 0 Å². The number of carboxylic acid groups (broad SMARTS) is 1. The number of hydrogen-bond acceptors (Lipinski definition) is 4. The molecule has 1 aliphatic rings. The van der Waals surface area contributed by atoms with Gasteiger partial charge in [0.25, 0.3) is 0 Å². The van der Waals surface area contributed by atoms with Gasteiger partial charge in [0.05, 0.1) is 16.3 Å². The van der Waals surface area contributed by atoms with Crippen LogP contribution in [0.1, 0.15) is 39.1 Å². The van der Waals surface area contributed by atoms with E-state index in [-0.39, 0.29) is 0 Å². The number of aromatic carboxylic acids is 1. The van der Waals surface area contributed by atoms with Gasteiger partial charge < -0.3 is 5.11 Å². The molecule has 1 aliphatic heterocycles. The van der Waals surface area contributed by atoms with Crippen LogP contribution in [0.25, 0.3) is 0 Å². The molecule has 0 unspecified atom stereocenters. The van der Waals surface area contributed by atoms with Gasteiger partial charge in [0, 0.05) is 25.0 Å². The number of hydrogen-bond donors (Lipinski definition) is 1. The number of aromatic nitrogens is 1. The van der Waals surface area contributed by atoms with Crippen LogP contribution in [0.5, 0.6) is 0 Å². The molecule has 0 bridgehead atoms. The van der Waals surface area contributed by atoms with E-state index in [1.807, 2.05) is 6.07 Å². The standard InChI is InChI=1S/C15H16N2O2S/c1-2-14-16-13(9-20-14)8-17-6-11-4-3-10(15(18)19)5-12(11)7-17/h3-5,9H,2,6-8H2,1H3,(H,18,19). The second kappa shape index (κ2) is 5.34. The predicted octanol–water partition coefficient (Wildman–Crippen LogP) is 2.92. The summed E-state index contributed by atoms with van der Waals surface area (Å²) in [6, 6.07) is 5.40. The van der Waals surface area contributed by atoms with Crippen LogP contribution >= 0.6 is 11.3 Å². The molecule has 5 heteroatoms. The molecule has 0 atom stereocenters. The topological polar surface area (TPSA) is 53.4 Å². The van der Waals surface area contributed by atoms with Crippen molar-refractivity contribution >= 4 is 17.3 Å². The maximum absolute atomic E-state index is 11.0. The van der Waals surface area contributed by atoms with Gasteiger partial charge >= 0.3 is 5.97 Å². The van der Waals surface area contributed by atoms with Crippen LogP contribution in [0.4, 0.5) is 0 Å². The van der Waals surface area contributed by atoms with Gasteiger partial charge in [-0.3, -0.25) is 4.90 Å². The Bertz CT molecular complexity index is 651. The van der Waals surface area contributed by atoms with Crippen molar-refractivity contribution in [1.29, 1.82) is 0 Å². The summed E-state index contributed by atoms with van der Waals surface area (Å²) in [6.45, 7) is 4.61. The number of rotatable bonds is 4. The first-order valence-electron chi connectivity index (χ1n) is 6.66. The number of fused-ring (bicyclic) bond motifs is 1. The molecule has 0 saturated carbocycles. The van der Waals surface area contributed by atoms with Crippen molar-refractivity contribution < 1.29 is 9.90 Å². The number of nitrogens with zero attached hydrogens (tertiary/aromatic N) is 2. The first-order valence-corrected chi connectivity index (χ1v) is 7.54. The average molecular weight is 288 g/mol. The Labute approximate surface area is 121 Å². The summed E-state index contributed by atoms with van der Waals surface area (Å²) in [5, 5.41) is 12.3. The van der Waals surface area contributed by atoms with E-state index >= 15 is 0 Å². The fourth-order valence-corrected chi connectivity index (χ4v) is 3.26. The summed E-state index contributed by atoms with van der Waals surface area (Å²) < 4.78 is 0. The van der Waals surface area contributed by atoms with Crippen LogP contribution in [-0.4, -0.2) is 21.0 Å². The molecular weight excluding hydrogens is 272 g/mol. The fraction of sp³-hybridized carbons (Fsp3) is 0.333. The predicted molar refractivity (Wildman–Crippen MR) is 77.8 cm³/mol. The van der Waals surface area contributed by atoms with Crippen LogP contribution < -0.4 is 0 Å². The third kappa shape index (κ3) is 2.59. The summed E-state index contributed by atoms with van der Waals surface area (Å²) in [5.74, 6) is -0.863. The highest BCUT2D eigenvalue weighted by Crippen LogP contribution is 2.25. The van der Waals surface area contributed by atoms with E-state index in [9.17, 15) is 4.79 Å². The minimum absolute atomic E-state index is 0.368. The maximum atomic E-state index is 11.0. The first-order chi connectivity index (χ1) is 9.65. The quantitative estimate of drug-likeness (QED) is 0.940. The zero-order chi connectivity index (χ0) is 14.1. The molecule has 0 saturated heterocycles. The zero-order valence-corrected chi connectivity index (χ0v) is 12.1. The molecule has 104 valence electrons. The smallest absolute Gasteiger partial charge is 0.335 e. The van der Waals surface area contributed by atoms with Crippen LogP contribution in [0.3, 0.4) is 0 Å². The van der Waals surface area contributed by atoms with Gasteiger partial charge in [-0.2, -0.15) is 0 Å². The molecular formula is C15H16N2O2S. The molecule has 1 N–H and O–H groups in total. The summed E-state index contributed by atoms with van der Waals surface area (Å²) in [5.41, 5.74) is 3.82. The number of benzene rings is 1. The highest BCUT2D eigenvalue weighted by molar-refractivity contribution is 7.09. The van der Waals surface area contributed by atoms with Crippen LogP contribution in [-0.2, 0) is 26.1 Å². The lowest BCUT2D eigenvalue weighted by molar-refractivity contribution is 0.0696. The zero-order valence-electron chi connectivity index (χ0n) is 11.3. The van der Waals surface area contributed by atoms with Crippen LogP contribution in [0.2, 0.25) is 0 Å². The van der Waals surface area contributed by atoms with E-state index in [0.717, 1.165) is 37.3 Å². The Morgan fingerprint density at radius 1 is 1.40 bits per heavy atom. The van der Waals surface area contributed by atoms with Crippen molar-refractivity contribution in [3.05, 3.63) is 51.0 Å².